The van der Waals surface area contributed by atoms with Gasteiger partial charge in [0.15, 0.2) is 0 Å². The average Bonchev–Trinajstić information content (AvgIpc) is 3.08. The highest BCUT2D eigenvalue weighted by Crippen LogP contribution is 2.33. The zero-order valence-electron chi connectivity index (χ0n) is 12.4. The van der Waals surface area contributed by atoms with E-state index < -0.39 is 10.0 Å². The molecule has 21 heavy (non-hydrogen) atoms. The first-order valence-corrected chi connectivity index (χ1v) is 9.46. The minimum atomic E-state index is -3.05. The maximum Gasteiger partial charge on any atom is 0.211 e. The van der Waals surface area contributed by atoms with Crippen LogP contribution in [-0.2, 0) is 10.0 Å². The van der Waals surface area contributed by atoms with E-state index in [1.165, 1.54) is 24.8 Å². The summed E-state index contributed by atoms with van der Waals surface area (Å²) in [4.78, 5) is 0. The number of anilines is 1. The van der Waals surface area contributed by atoms with E-state index in [2.05, 4.69) is 28.0 Å². The maximum atomic E-state index is 11.5. The molecule has 0 amide bonds. The predicted molar refractivity (Wildman–Crippen MR) is 82.5 cm³/mol. The average molecular weight is 311 g/mol. The molecule has 1 saturated heterocycles. The summed E-state index contributed by atoms with van der Waals surface area (Å²) in [5.41, 5.74) is 1.21. The van der Waals surface area contributed by atoms with Crippen molar-refractivity contribution in [1.82, 2.24) is 14.5 Å². The highest BCUT2D eigenvalue weighted by molar-refractivity contribution is 7.88. The van der Waals surface area contributed by atoms with Gasteiger partial charge in [-0.2, -0.15) is 5.10 Å². The standard InChI is InChI=1S/C14H23N4O2S/c1-21(19,20)18-8-6-12(7-9-18)15-14-10-13(16-17-14)11-4-2-3-5-11/h2,10-12H,3-9H2,1H3,(H2,15,16,17)/t11-/m0/s1. The lowest BCUT2D eigenvalue weighted by Gasteiger charge is -2.30. The predicted octanol–water partition coefficient (Wildman–Crippen LogP) is 1.72. The first-order chi connectivity index (χ1) is 10.0. The van der Waals surface area contributed by atoms with E-state index in [0.29, 0.717) is 25.0 Å². The molecule has 2 fully saturated rings. The molecule has 6 nitrogen and oxygen atoms in total. The molecule has 2 heterocycles. The number of H-pyrrole nitrogens is 1. The second-order valence-electron chi connectivity index (χ2n) is 6.09. The van der Waals surface area contributed by atoms with Gasteiger partial charge in [-0.05, 0) is 38.5 Å². The van der Waals surface area contributed by atoms with E-state index >= 15 is 0 Å². The molecule has 2 aliphatic rings. The van der Waals surface area contributed by atoms with Crippen LogP contribution in [0.25, 0.3) is 0 Å². The topological polar surface area (TPSA) is 78.1 Å². The van der Waals surface area contributed by atoms with E-state index in [-0.39, 0.29) is 0 Å². The molecular weight excluding hydrogens is 288 g/mol. The van der Waals surface area contributed by atoms with Crippen molar-refractivity contribution in [2.75, 3.05) is 24.7 Å². The van der Waals surface area contributed by atoms with Crippen LogP contribution in [0.4, 0.5) is 5.82 Å². The number of nitrogens with one attached hydrogen (secondary N) is 2. The van der Waals surface area contributed by atoms with Gasteiger partial charge in [0.05, 0.1) is 6.26 Å². The first-order valence-electron chi connectivity index (χ1n) is 7.61. The zero-order chi connectivity index (χ0) is 14.9. The lowest BCUT2D eigenvalue weighted by atomic mass is 10.0. The summed E-state index contributed by atoms with van der Waals surface area (Å²) in [6.45, 7) is 1.18. The molecule has 2 N–H and O–H groups in total. The van der Waals surface area contributed by atoms with Gasteiger partial charge < -0.3 is 5.32 Å². The second-order valence-corrected chi connectivity index (χ2v) is 8.07. The van der Waals surface area contributed by atoms with Crippen LogP contribution in [0.2, 0.25) is 0 Å². The van der Waals surface area contributed by atoms with Crippen LogP contribution in [0, 0.1) is 6.42 Å². The van der Waals surface area contributed by atoms with Crippen LogP contribution in [0.15, 0.2) is 6.07 Å². The number of nitrogens with zero attached hydrogens (tertiary/aromatic N) is 2. The van der Waals surface area contributed by atoms with E-state index in [9.17, 15) is 8.42 Å². The highest BCUT2D eigenvalue weighted by Gasteiger charge is 2.25. The van der Waals surface area contributed by atoms with Crippen molar-refractivity contribution < 1.29 is 8.42 Å². The van der Waals surface area contributed by atoms with Crippen molar-refractivity contribution in [2.45, 2.75) is 44.1 Å². The Bertz CT molecular complexity index is 570. The quantitative estimate of drug-likeness (QED) is 0.887. The van der Waals surface area contributed by atoms with Gasteiger partial charge in [0.25, 0.3) is 0 Å². The fourth-order valence-electron chi connectivity index (χ4n) is 3.20. The highest BCUT2D eigenvalue weighted by atomic mass is 32.2. The van der Waals surface area contributed by atoms with Gasteiger partial charge in [0.2, 0.25) is 10.0 Å². The van der Waals surface area contributed by atoms with Gasteiger partial charge in [-0.1, -0.05) is 0 Å². The smallest absolute Gasteiger partial charge is 0.211 e. The van der Waals surface area contributed by atoms with Crippen LogP contribution in [0.3, 0.4) is 0 Å². The number of aromatic amines is 1. The van der Waals surface area contributed by atoms with Gasteiger partial charge in [-0.15, -0.1) is 0 Å². The van der Waals surface area contributed by atoms with Crippen molar-refractivity contribution >= 4 is 15.8 Å². The molecule has 1 atom stereocenters. The summed E-state index contributed by atoms with van der Waals surface area (Å²) >= 11 is 0. The molecule has 1 aliphatic carbocycles. The van der Waals surface area contributed by atoms with Crippen LogP contribution >= 0.6 is 0 Å². The minimum absolute atomic E-state index is 0.300. The number of hydrogen-bond donors (Lipinski definition) is 2. The molecule has 1 aromatic rings. The summed E-state index contributed by atoms with van der Waals surface area (Å²) in [7, 11) is -3.05. The van der Waals surface area contributed by atoms with Crippen LogP contribution < -0.4 is 5.32 Å². The minimum Gasteiger partial charge on any atom is -0.366 e. The Morgan fingerprint density at radius 1 is 1.33 bits per heavy atom. The fraction of sp³-hybridized carbons (Fsp3) is 0.714. The fourth-order valence-corrected chi connectivity index (χ4v) is 4.07. The number of aromatic nitrogens is 2. The van der Waals surface area contributed by atoms with Gasteiger partial charge in [0.1, 0.15) is 5.82 Å². The lowest BCUT2D eigenvalue weighted by Crippen LogP contribution is -2.41. The summed E-state index contributed by atoms with van der Waals surface area (Å²) < 4.78 is 24.5. The number of sulfonamides is 1. The third-order valence-electron chi connectivity index (χ3n) is 4.48. The van der Waals surface area contributed by atoms with Crippen molar-refractivity contribution in [2.24, 2.45) is 0 Å². The molecule has 117 valence electrons. The molecule has 0 unspecified atom stereocenters. The van der Waals surface area contributed by atoms with Crippen LogP contribution in [0.5, 0.6) is 0 Å². The maximum absolute atomic E-state index is 11.5. The van der Waals surface area contributed by atoms with Crippen molar-refractivity contribution in [1.29, 1.82) is 0 Å². The van der Waals surface area contributed by atoms with Gasteiger partial charge in [-0.3, -0.25) is 5.10 Å². The van der Waals surface area contributed by atoms with Crippen molar-refractivity contribution in [3.05, 3.63) is 18.2 Å². The van der Waals surface area contributed by atoms with E-state index in [1.807, 2.05) is 0 Å². The Balaban J connectivity index is 1.53. The van der Waals surface area contributed by atoms with Gasteiger partial charge in [-0.25, -0.2) is 12.7 Å². The molecule has 1 aliphatic heterocycles. The van der Waals surface area contributed by atoms with E-state index in [1.54, 1.807) is 4.31 Å². The van der Waals surface area contributed by atoms with Crippen LogP contribution in [0.1, 0.15) is 43.7 Å². The van der Waals surface area contributed by atoms with Crippen molar-refractivity contribution in [3.63, 3.8) is 0 Å². The molecule has 1 aromatic heterocycles. The van der Waals surface area contributed by atoms with Crippen molar-refractivity contribution in [3.8, 4) is 0 Å². The number of hydrogen-bond acceptors (Lipinski definition) is 4. The molecule has 0 aromatic carbocycles. The largest absolute Gasteiger partial charge is 0.366 e. The zero-order valence-corrected chi connectivity index (χ0v) is 13.2. The van der Waals surface area contributed by atoms with Gasteiger partial charge in [0, 0.05) is 36.8 Å². The Labute approximate surface area is 126 Å². The molecule has 1 saturated carbocycles. The summed E-state index contributed by atoms with van der Waals surface area (Å²) in [5, 5.41) is 10.9. The Hall–Kier alpha value is -1.08. The molecule has 0 spiro atoms. The molecular formula is C14H23N4O2S. The van der Waals surface area contributed by atoms with E-state index in [0.717, 1.165) is 25.1 Å². The normalized spacial score (nSPS) is 22.7. The van der Waals surface area contributed by atoms with Gasteiger partial charge >= 0.3 is 0 Å². The summed E-state index contributed by atoms with van der Waals surface area (Å²) in [6, 6.07) is 2.40. The number of piperidine rings is 1. The lowest BCUT2D eigenvalue weighted by molar-refractivity contribution is 0.331. The second kappa shape index (κ2) is 5.96. The SMILES string of the molecule is CS(=O)(=O)N1CCC(Nc2cc([C@H]3C[CH]CC3)[nH]n2)CC1. The first kappa shape index (κ1) is 14.8. The molecule has 7 heteroatoms. The molecule has 0 bridgehead atoms. The molecule has 3 rings (SSSR count). The monoisotopic (exact) mass is 311 g/mol. The van der Waals surface area contributed by atoms with Crippen LogP contribution in [-0.4, -0.2) is 48.3 Å². The number of rotatable bonds is 4. The Morgan fingerprint density at radius 3 is 2.71 bits per heavy atom. The summed E-state index contributed by atoms with van der Waals surface area (Å²) in [6.07, 6.45) is 8.79. The third kappa shape index (κ3) is 3.58. The third-order valence-corrected chi connectivity index (χ3v) is 5.79. The Kier molecular flexibility index (Phi) is 4.21. The molecule has 1 radical (unpaired) electrons. The Morgan fingerprint density at radius 2 is 2.10 bits per heavy atom. The summed E-state index contributed by atoms with van der Waals surface area (Å²) in [5.74, 6) is 1.47. The van der Waals surface area contributed by atoms with E-state index in [4.69, 9.17) is 0 Å².